The fraction of sp³-hybridized carbons (Fsp3) is 0.526. The molecule has 1 heterocycles. The van der Waals surface area contributed by atoms with Crippen molar-refractivity contribution in [3.8, 4) is 0 Å². The van der Waals surface area contributed by atoms with E-state index in [1.54, 1.807) is 27.4 Å². The third-order valence-electron chi connectivity index (χ3n) is 4.41. The second kappa shape index (κ2) is 8.63. The molecule has 6 heteroatoms. The van der Waals surface area contributed by atoms with E-state index < -0.39 is 10.0 Å². The van der Waals surface area contributed by atoms with Gasteiger partial charge in [-0.15, -0.1) is 0 Å². The van der Waals surface area contributed by atoms with Crippen molar-refractivity contribution < 1.29 is 13.2 Å². The van der Waals surface area contributed by atoms with E-state index in [9.17, 15) is 13.2 Å². The van der Waals surface area contributed by atoms with Crippen LogP contribution in [0.2, 0.25) is 0 Å². The molecule has 0 aliphatic carbocycles. The number of nitrogens with zero attached hydrogens (tertiary/aromatic N) is 2. The van der Waals surface area contributed by atoms with E-state index in [1.807, 2.05) is 13.8 Å². The standard InChI is InChI=1S/C19H28N2O3S/c1-4-20(15-16(2)3)19(22)17-10-9-11-18(14-17)25(23,24)21-12-7-5-6-8-13-21/h9-11,14H,2,4-8,12-13,15H2,1,3H3. The predicted molar refractivity (Wildman–Crippen MR) is 100 cm³/mol. The molecule has 1 aliphatic rings. The van der Waals surface area contributed by atoms with Crippen LogP contribution >= 0.6 is 0 Å². The van der Waals surface area contributed by atoms with Gasteiger partial charge in [-0.1, -0.05) is 31.1 Å². The van der Waals surface area contributed by atoms with Gasteiger partial charge in [-0.2, -0.15) is 4.31 Å². The Labute approximate surface area is 151 Å². The fourth-order valence-electron chi connectivity index (χ4n) is 3.06. The molecule has 25 heavy (non-hydrogen) atoms. The van der Waals surface area contributed by atoms with Gasteiger partial charge in [0.1, 0.15) is 0 Å². The molecule has 0 bridgehead atoms. The lowest BCUT2D eigenvalue weighted by Crippen LogP contribution is -2.33. The highest BCUT2D eigenvalue weighted by molar-refractivity contribution is 7.89. The zero-order valence-electron chi connectivity index (χ0n) is 15.2. The lowest BCUT2D eigenvalue weighted by atomic mass is 10.2. The van der Waals surface area contributed by atoms with Crippen molar-refractivity contribution in [1.29, 1.82) is 0 Å². The summed E-state index contributed by atoms with van der Waals surface area (Å²) in [5.41, 5.74) is 1.29. The molecule has 0 aromatic heterocycles. The molecule has 0 spiro atoms. The first-order valence-electron chi connectivity index (χ1n) is 8.90. The topological polar surface area (TPSA) is 57.7 Å². The number of carbonyl (C=O) groups is 1. The van der Waals surface area contributed by atoms with Crippen molar-refractivity contribution in [1.82, 2.24) is 9.21 Å². The number of sulfonamides is 1. The Morgan fingerprint density at radius 3 is 2.40 bits per heavy atom. The summed E-state index contributed by atoms with van der Waals surface area (Å²) in [6, 6.07) is 6.40. The summed E-state index contributed by atoms with van der Waals surface area (Å²) in [4.78, 5) is 14.6. The zero-order chi connectivity index (χ0) is 18.4. The molecule has 2 rings (SSSR count). The maximum absolute atomic E-state index is 12.9. The number of likely N-dealkylation sites (N-methyl/N-ethyl adjacent to an activating group) is 1. The van der Waals surface area contributed by atoms with Crippen molar-refractivity contribution in [3.05, 3.63) is 42.0 Å². The number of carbonyl (C=O) groups excluding carboxylic acids is 1. The lowest BCUT2D eigenvalue weighted by Gasteiger charge is -2.22. The maximum atomic E-state index is 12.9. The van der Waals surface area contributed by atoms with E-state index in [2.05, 4.69) is 6.58 Å². The van der Waals surface area contributed by atoms with Gasteiger partial charge in [-0.3, -0.25) is 4.79 Å². The van der Waals surface area contributed by atoms with Gasteiger partial charge in [-0.25, -0.2) is 8.42 Å². The van der Waals surface area contributed by atoms with Crippen LogP contribution in [0.5, 0.6) is 0 Å². The van der Waals surface area contributed by atoms with Crippen LogP contribution in [0.25, 0.3) is 0 Å². The molecule has 1 amide bonds. The third kappa shape index (κ3) is 4.92. The molecule has 138 valence electrons. The van der Waals surface area contributed by atoms with E-state index in [-0.39, 0.29) is 10.8 Å². The Kier molecular flexibility index (Phi) is 6.79. The first-order chi connectivity index (χ1) is 11.9. The molecule has 1 saturated heterocycles. The highest BCUT2D eigenvalue weighted by Crippen LogP contribution is 2.21. The molecule has 0 atom stereocenters. The van der Waals surface area contributed by atoms with Gasteiger partial charge in [0.2, 0.25) is 10.0 Å². The SMILES string of the molecule is C=C(C)CN(CC)C(=O)c1cccc(S(=O)(=O)N2CCCCCC2)c1. The van der Waals surface area contributed by atoms with Gasteiger partial charge in [0.05, 0.1) is 4.90 Å². The summed E-state index contributed by atoms with van der Waals surface area (Å²) < 4.78 is 27.4. The summed E-state index contributed by atoms with van der Waals surface area (Å²) in [5, 5.41) is 0. The van der Waals surface area contributed by atoms with Crippen molar-refractivity contribution in [2.24, 2.45) is 0 Å². The Morgan fingerprint density at radius 1 is 1.20 bits per heavy atom. The van der Waals surface area contributed by atoms with Crippen molar-refractivity contribution in [3.63, 3.8) is 0 Å². The van der Waals surface area contributed by atoms with E-state index in [1.165, 1.54) is 6.07 Å². The lowest BCUT2D eigenvalue weighted by molar-refractivity contribution is 0.0778. The van der Waals surface area contributed by atoms with Crippen LogP contribution in [0, 0.1) is 0 Å². The Morgan fingerprint density at radius 2 is 1.84 bits per heavy atom. The normalized spacial score (nSPS) is 16.2. The summed E-state index contributed by atoms with van der Waals surface area (Å²) in [5.74, 6) is -0.168. The average Bonchev–Trinajstić information content (AvgIpc) is 2.89. The minimum Gasteiger partial charge on any atom is -0.335 e. The largest absolute Gasteiger partial charge is 0.335 e. The monoisotopic (exact) mass is 364 g/mol. The minimum absolute atomic E-state index is 0.168. The van der Waals surface area contributed by atoms with Gasteiger partial charge in [0.15, 0.2) is 0 Å². The maximum Gasteiger partial charge on any atom is 0.254 e. The number of hydrogen-bond donors (Lipinski definition) is 0. The fourth-order valence-corrected chi connectivity index (χ4v) is 4.62. The van der Waals surface area contributed by atoms with Crippen molar-refractivity contribution >= 4 is 15.9 Å². The molecule has 1 aliphatic heterocycles. The molecular formula is C19H28N2O3S. The highest BCUT2D eigenvalue weighted by atomic mass is 32.2. The number of benzene rings is 1. The van der Waals surface area contributed by atoms with Gasteiger partial charge < -0.3 is 4.90 Å². The Bertz CT molecular complexity index is 720. The molecule has 1 fully saturated rings. The molecule has 0 N–H and O–H groups in total. The van der Waals surface area contributed by atoms with Crippen LogP contribution in [0.1, 0.15) is 49.9 Å². The highest BCUT2D eigenvalue weighted by Gasteiger charge is 2.26. The Balaban J connectivity index is 2.28. The minimum atomic E-state index is -3.55. The van der Waals surface area contributed by atoms with E-state index in [0.29, 0.717) is 31.7 Å². The number of amides is 1. The summed E-state index contributed by atoms with van der Waals surface area (Å²) in [7, 11) is -3.55. The van der Waals surface area contributed by atoms with Crippen LogP contribution in [0.15, 0.2) is 41.3 Å². The van der Waals surface area contributed by atoms with Crippen molar-refractivity contribution in [2.75, 3.05) is 26.2 Å². The Hall–Kier alpha value is -1.66. The third-order valence-corrected chi connectivity index (χ3v) is 6.31. The molecule has 1 aromatic rings. The molecular weight excluding hydrogens is 336 g/mol. The van der Waals surface area contributed by atoms with Gasteiger partial charge in [-0.05, 0) is 44.9 Å². The molecule has 5 nitrogen and oxygen atoms in total. The smallest absolute Gasteiger partial charge is 0.254 e. The van der Waals surface area contributed by atoms with Gasteiger partial charge >= 0.3 is 0 Å². The van der Waals surface area contributed by atoms with Gasteiger partial charge in [0.25, 0.3) is 5.91 Å². The summed E-state index contributed by atoms with van der Waals surface area (Å²) in [6.45, 7) is 9.75. The van der Waals surface area contributed by atoms with Crippen molar-refractivity contribution in [2.45, 2.75) is 44.4 Å². The molecule has 0 saturated carbocycles. The van der Waals surface area contributed by atoms with Crippen LogP contribution < -0.4 is 0 Å². The van der Waals surface area contributed by atoms with E-state index in [4.69, 9.17) is 0 Å². The predicted octanol–water partition coefficient (Wildman–Crippen LogP) is 3.29. The quantitative estimate of drug-likeness (QED) is 0.728. The summed E-state index contributed by atoms with van der Waals surface area (Å²) in [6.07, 6.45) is 3.91. The van der Waals surface area contributed by atoms with Crippen LogP contribution in [0.3, 0.4) is 0 Å². The summed E-state index contributed by atoms with van der Waals surface area (Å²) >= 11 is 0. The number of rotatable bonds is 6. The second-order valence-corrected chi connectivity index (χ2v) is 8.56. The first kappa shape index (κ1) is 19.7. The van der Waals surface area contributed by atoms with Gasteiger partial charge in [0, 0.05) is 31.7 Å². The molecule has 0 unspecified atom stereocenters. The average molecular weight is 365 g/mol. The van der Waals surface area contributed by atoms with E-state index in [0.717, 1.165) is 31.3 Å². The van der Waals surface area contributed by atoms with Crippen LogP contribution in [-0.4, -0.2) is 49.7 Å². The zero-order valence-corrected chi connectivity index (χ0v) is 16.0. The van der Waals surface area contributed by atoms with Crippen LogP contribution in [-0.2, 0) is 10.0 Å². The molecule has 1 aromatic carbocycles. The molecule has 0 radical (unpaired) electrons. The first-order valence-corrected chi connectivity index (χ1v) is 10.3. The van der Waals surface area contributed by atoms with E-state index >= 15 is 0 Å². The number of hydrogen-bond acceptors (Lipinski definition) is 3. The second-order valence-electron chi connectivity index (χ2n) is 6.62. The van der Waals surface area contributed by atoms with Crippen LogP contribution in [0.4, 0.5) is 0 Å².